The molecule has 0 aromatic heterocycles. The zero-order valence-corrected chi connectivity index (χ0v) is 12.9. The highest BCUT2D eigenvalue weighted by molar-refractivity contribution is 5.78. The molecule has 5 nitrogen and oxygen atoms in total. The maximum Gasteiger partial charge on any atom is 0.234 e. The fraction of sp³-hybridized carbons (Fsp3) is 0.933. The van der Waals surface area contributed by atoms with Crippen LogP contribution in [0, 0.1) is 0 Å². The van der Waals surface area contributed by atoms with Gasteiger partial charge in [-0.1, -0.05) is 6.92 Å². The van der Waals surface area contributed by atoms with Crippen molar-refractivity contribution >= 4 is 5.91 Å². The van der Waals surface area contributed by atoms with E-state index in [4.69, 9.17) is 4.74 Å². The van der Waals surface area contributed by atoms with Gasteiger partial charge in [0.25, 0.3) is 0 Å². The maximum absolute atomic E-state index is 12.0. The first-order valence-corrected chi connectivity index (χ1v) is 7.98. The van der Waals surface area contributed by atoms with E-state index in [0.717, 1.165) is 13.0 Å². The van der Waals surface area contributed by atoms with Crippen LogP contribution in [0.5, 0.6) is 0 Å². The van der Waals surface area contributed by atoms with E-state index in [1.165, 1.54) is 25.7 Å². The van der Waals surface area contributed by atoms with Crippen molar-refractivity contribution in [1.29, 1.82) is 0 Å². The van der Waals surface area contributed by atoms with Gasteiger partial charge >= 0.3 is 0 Å². The molecule has 2 bridgehead atoms. The number of fused-ring (bicyclic) bond motifs is 2. The van der Waals surface area contributed by atoms with Gasteiger partial charge in [0.15, 0.2) is 0 Å². The van der Waals surface area contributed by atoms with Gasteiger partial charge in [-0.2, -0.15) is 0 Å². The van der Waals surface area contributed by atoms with Crippen molar-refractivity contribution in [2.24, 2.45) is 0 Å². The van der Waals surface area contributed by atoms with Gasteiger partial charge in [-0.15, -0.1) is 0 Å². The van der Waals surface area contributed by atoms with Gasteiger partial charge < -0.3 is 15.4 Å². The summed E-state index contributed by atoms with van der Waals surface area (Å²) in [6, 6.07) is 1.93. The Hall–Kier alpha value is -0.650. The molecule has 2 atom stereocenters. The van der Waals surface area contributed by atoms with Gasteiger partial charge in [0.1, 0.15) is 0 Å². The molecule has 2 aliphatic rings. The van der Waals surface area contributed by atoms with Crippen molar-refractivity contribution in [3.63, 3.8) is 0 Å². The van der Waals surface area contributed by atoms with E-state index in [-0.39, 0.29) is 5.91 Å². The molecule has 2 aliphatic heterocycles. The zero-order valence-electron chi connectivity index (χ0n) is 12.9. The summed E-state index contributed by atoms with van der Waals surface area (Å²) in [7, 11) is 1.69. The van der Waals surface area contributed by atoms with E-state index >= 15 is 0 Å². The average Bonchev–Trinajstić information content (AvgIpc) is 2.79. The summed E-state index contributed by atoms with van der Waals surface area (Å²) in [4.78, 5) is 14.3. The molecule has 2 fully saturated rings. The summed E-state index contributed by atoms with van der Waals surface area (Å²) >= 11 is 0. The maximum atomic E-state index is 12.0. The Morgan fingerprint density at radius 3 is 2.65 bits per heavy atom. The van der Waals surface area contributed by atoms with Crippen LogP contribution in [0.4, 0.5) is 0 Å². The second-order valence-electron chi connectivity index (χ2n) is 6.02. The van der Waals surface area contributed by atoms with Gasteiger partial charge in [-0.05, 0) is 38.6 Å². The average molecular weight is 283 g/mol. The number of nitrogens with one attached hydrogen (secondary N) is 2. The number of ether oxygens (including phenoxy) is 1. The number of hydrogen-bond acceptors (Lipinski definition) is 4. The molecule has 2 unspecified atom stereocenters. The smallest absolute Gasteiger partial charge is 0.234 e. The summed E-state index contributed by atoms with van der Waals surface area (Å²) < 4.78 is 4.98. The van der Waals surface area contributed by atoms with Crippen LogP contribution >= 0.6 is 0 Å². The molecule has 0 aromatic carbocycles. The SMILES string of the molecule is CCN(CC(=O)NCCCOC)C1CC2CCC(C1)N2. The molecule has 2 N–H and O–H groups in total. The van der Waals surface area contributed by atoms with Crippen molar-refractivity contribution in [2.75, 3.05) is 33.4 Å². The number of methoxy groups -OCH3 is 1. The summed E-state index contributed by atoms with van der Waals surface area (Å²) in [5, 5.41) is 6.64. The number of hydrogen-bond donors (Lipinski definition) is 2. The van der Waals surface area contributed by atoms with Crippen molar-refractivity contribution in [3.8, 4) is 0 Å². The minimum atomic E-state index is 0.147. The first-order chi connectivity index (χ1) is 9.72. The highest BCUT2D eigenvalue weighted by atomic mass is 16.5. The van der Waals surface area contributed by atoms with Crippen LogP contribution in [-0.4, -0.2) is 62.3 Å². The van der Waals surface area contributed by atoms with Crippen LogP contribution in [0.3, 0.4) is 0 Å². The Labute approximate surface area is 122 Å². The second kappa shape index (κ2) is 7.96. The Bertz CT molecular complexity index is 299. The van der Waals surface area contributed by atoms with E-state index in [9.17, 15) is 4.79 Å². The largest absolute Gasteiger partial charge is 0.385 e. The van der Waals surface area contributed by atoms with E-state index < -0.39 is 0 Å². The lowest BCUT2D eigenvalue weighted by atomic mass is 9.98. The van der Waals surface area contributed by atoms with Crippen LogP contribution in [0.2, 0.25) is 0 Å². The first kappa shape index (κ1) is 15.7. The van der Waals surface area contributed by atoms with Crippen molar-refractivity contribution in [1.82, 2.24) is 15.5 Å². The number of likely N-dealkylation sites (N-methyl/N-ethyl adjacent to an activating group) is 1. The van der Waals surface area contributed by atoms with E-state index in [1.807, 2.05) is 0 Å². The van der Waals surface area contributed by atoms with Crippen LogP contribution in [0.25, 0.3) is 0 Å². The number of nitrogens with zero attached hydrogens (tertiary/aromatic N) is 1. The van der Waals surface area contributed by atoms with Crippen LogP contribution in [0.15, 0.2) is 0 Å². The molecule has 0 radical (unpaired) electrons. The quantitative estimate of drug-likeness (QED) is 0.645. The third-order valence-corrected chi connectivity index (χ3v) is 4.56. The molecule has 0 aromatic rings. The summed E-state index contributed by atoms with van der Waals surface area (Å²) in [6.45, 7) is 5.06. The normalized spacial score (nSPS) is 28.9. The molecule has 2 heterocycles. The standard InChI is InChI=1S/C15H29N3O2/c1-3-18(11-15(19)16-7-4-8-20-2)14-9-12-5-6-13(10-14)17-12/h12-14,17H,3-11H2,1-2H3,(H,16,19). The second-order valence-corrected chi connectivity index (χ2v) is 6.02. The minimum absolute atomic E-state index is 0.147. The van der Waals surface area contributed by atoms with E-state index in [0.29, 0.717) is 37.8 Å². The molecule has 20 heavy (non-hydrogen) atoms. The number of amides is 1. The van der Waals surface area contributed by atoms with Crippen LogP contribution in [0.1, 0.15) is 39.0 Å². The van der Waals surface area contributed by atoms with E-state index in [1.54, 1.807) is 7.11 Å². The lowest BCUT2D eigenvalue weighted by molar-refractivity contribution is -0.123. The molecule has 2 saturated heterocycles. The minimum Gasteiger partial charge on any atom is -0.385 e. The Morgan fingerprint density at radius 2 is 2.05 bits per heavy atom. The molecular weight excluding hydrogens is 254 g/mol. The van der Waals surface area contributed by atoms with Crippen molar-refractivity contribution in [3.05, 3.63) is 0 Å². The Kier molecular flexibility index (Phi) is 6.26. The van der Waals surface area contributed by atoms with Crippen molar-refractivity contribution < 1.29 is 9.53 Å². The van der Waals surface area contributed by atoms with Gasteiger partial charge in [-0.25, -0.2) is 0 Å². The van der Waals surface area contributed by atoms with Crippen molar-refractivity contribution in [2.45, 2.75) is 57.2 Å². The number of carbonyl (C=O) groups is 1. The van der Waals surface area contributed by atoms with Gasteiger partial charge in [0.2, 0.25) is 5.91 Å². The fourth-order valence-electron chi connectivity index (χ4n) is 3.51. The molecule has 1 amide bonds. The zero-order chi connectivity index (χ0) is 14.4. The molecule has 0 spiro atoms. The predicted octanol–water partition coefficient (Wildman–Crippen LogP) is 0.744. The third kappa shape index (κ3) is 4.43. The highest BCUT2D eigenvalue weighted by Gasteiger charge is 2.35. The molecule has 116 valence electrons. The monoisotopic (exact) mass is 283 g/mol. The summed E-state index contributed by atoms with van der Waals surface area (Å²) in [5.74, 6) is 0.147. The molecular formula is C15H29N3O2. The lowest BCUT2D eigenvalue weighted by Crippen LogP contribution is -2.50. The first-order valence-electron chi connectivity index (χ1n) is 7.98. The Balaban J connectivity index is 1.72. The fourth-order valence-corrected chi connectivity index (χ4v) is 3.51. The highest BCUT2D eigenvalue weighted by Crippen LogP contribution is 2.29. The summed E-state index contributed by atoms with van der Waals surface area (Å²) in [5.41, 5.74) is 0. The topological polar surface area (TPSA) is 53.6 Å². The van der Waals surface area contributed by atoms with Gasteiger partial charge in [-0.3, -0.25) is 9.69 Å². The number of carbonyl (C=O) groups excluding carboxylic acids is 1. The van der Waals surface area contributed by atoms with Gasteiger partial charge in [0.05, 0.1) is 6.54 Å². The van der Waals surface area contributed by atoms with E-state index in [2.05, 4.69) is 22.5 Å². The molecule has 0 saturated carbocycles. The number of piperidine rings is 1. The summed E-state index contributed by atoms with van der Waals surface area (Å²) in [6.07, 6.45) is 5.89. The molecule has 2 rings (SSSR count). The Morgan fingerprint density at radius 1 is 1.35 bits per heavy atom. The molecule has 5 heteroatoms. The van der Waals surface area contributed by atoms with Crippen LogP contribution in [-0.2, 0) is 9.53 Å². The number of rotatable bonds is 8. The van der Waals surface area contributed by atoms with Crippen LogP contribution < -0.4 is 10.6 Å². The van der Waals surface area contributed by atoms with Gasteiger partial charge in [0, 0.05) is 38.4 Å². The predicted molar refractivity (Wildman–Crippen MR) is 79.7 cm³/mol. The molecule has 0 aliphatic carbocycles. The lowest BCUT2D eigenvalue weighted by Gasteiger charge is -2.36. The third-order valence-electron chi connectivity index (χ3n) is 4.56.